The first-order chi connectivity index (χ1) is 13.4. The molecule has 1 unspecified atom stereocenters. The Balaban J connectivity index is 1.54. The largest absolute Gasteiger partial charge is 0.325 e. The molecule has 1 atom stereocenters. The predicted molar refractivity (Wildman–Crippen MR) is 96.3 cm³/mol. The highest BCUT2D eigenvalue weighted by Gasteiger charge is 2.54. The van der Waals surface area contributed by atoms with Gasteiger partial charge in [0.2, 0.25) is 5.91 Å². The highest BCUT2D eigenvalue weighted by molar-refractivity contribution is 6.10. The molecule has 144 valence electrons. The fraction of sp³-hybridized carbons (Fsp3) is 0.250. The molecule has 2 aromatic carbocycles. The summed E-state index contributed by atoms with van der Waals surface area (Å²) in [6, 6.07) is 9.69. The molecule has 0 aromatic heterocycles. The molecule has 1 saturated heterocycles. The van der Waals surface area contributed by atoms with Gasteiger partial charge in [0.05, 0.1) is 0 Å². The Hall–Kier alpha value is -3.29. The van der Waals surface area contributed by atoms with Gasteiger partial charge in [0.1, 0.15) is 12.1 Å². The number of benzene rings is 2. The van der Waals surface area contributed by atoms with Gasteiger partial charge >= 0.3 is 6.03 Å². The fourth-order valence-corrected chi connectivity index (χ4v) is 3.87. The van der Waals surface area contributed by atoms with Crippen molar-refractivity contribution in [2.24, 2.45) is 0 Å². The Bertz CT molecular complexity index is 994. The number of aryl methyl sites for hydroxylation is 1. The lowest BCUT2D eigenvalue weighted by Gasteiger charge is -2.33. The van der Waals surface area contributed by atoms with Gasteiger partial charge in [-0.25, -0.2) is 13.6 Å². The van der Waals surface area contributed by atoms with Crippen LogP contribution < -0.4 is 10.6 Å². The molecule has 2 aromatic rings. The van der Waals surface area contributed by atoms with E-state index in [0.29, 0.717) is 6.42 Å². The quantitative estimate of drug-likeness (QED) is 0.798. The Labute approximate surface area is 159 Å². The molecule has 2 aliphatic rings. The van der Waals surface area contributed by atoms with Crippen LogP contribution in [0.4, 0.5) is 19.3 Å². The third-order valence-corrected chi connectivity index (χ3v) is 5.16. The summed E-state index contributed by atoms with van der Waals surface area (Å²) >= 11 is 0. The van der Waals surface area contributed by atoms with Crippen LogP contribution in [0.5, 0.6) is 0 Å². The number of nitrogens with zero attached hydrogens (tertiary/aromatic N) is 1. The van der Waals surface area contributed by atoms with Gasteiger partial charge in [-0.3, -0.25) is 14.5 Å². The van der Waals surface area contributed by atoms with E-state index in [1.807, 2.05) is 24.3 Å². The zero-order chi connectivity index (χ0) is 19.9. The van der Waals surface area contributed by atoms with Crippen LogP contribution in [0.1, 0.15) is 24.0 Å². The van der Waals surface area contributed by atoms with E-state index in [4.69, 9.17) is 0 Å². The third-order valence-electron chi connectivity index (χ3n) is 5.16. The first-order valence-electron chi connectivity index (χ1n) is 8.88. The van der Waals surface area contributed by atoms with E-state index in [1.54, 1.807) is 0 Å². The average molecular weight is 385 g/mol. The van der Waals surface area contributed by atoms with Crippen LogP contribution in [-0.4, -0.2) is 29.3 Å². The maximum atomic E-state index is 13.3. The number of imide groups is 1. The van der Waals surface area contributed by atoms with E-state index >= 15 is 0 Å². The molecular formula is C20H17F2N3O3. The Morgan fingerprint density at radius 3 is 2.71 bits per heavy atom. The van der Waals surface area contributed by atoms with Crippen molar-refractivity contribution in [3.05, 3.63) is 65.2 Å². The van der Waals surface area contributed by atoms with Gasteiger partial charge in [-0.1, -0.05) is 24.3 Å². The second kappa shape index (κ2) is 6.70. The Kier molecular flexibility index (Phi) is 4.33. The van der Waals surface area contributed by atoms with Gasteiger partial charge in [0.15, 0.2) is 11.6 Å². The van der Waals surface area contributed by atoms with E-state index in [-0.39, 0.29) is 5.69 Å². The van der Waals surface area contributed by atoms with Crippen LogP contribution >= 0.6 is 0 Å². The lowest BCUT2D eigenvalue weighted by Crippen LogP contribution is -2.47. The molecule has 0 radical (unpaired) electrons. The Morgan fingerprint density at radius 2 is 1.93 bits per heavy atom. The van der Waals surface area contributed by atoms with Crippen molar-refractivity contribution in [1.82, 2.24) is 10.2 Å². The van der Waals surface area contributed by atoms with Gasteiger partial charge in [-0.15, -0.1) is 0 Å². The van der Waals surface area contributed by atoms with E-state index in [0.717, 1.165) is 41.0 Å². The second-order valence-corrected chi connectivity index (χ2v) is 6.91. The van der Waals surface area contributed by atoms with Crippen molar-refractivity contribution in [3.8, 4) is 0 Å². The lowest BCUT2D eigenvalue weighted by molar-refractivity contribution is -0.134. The van der Waals surface area contributed by atoms with E-state index in [1.165, 1.54) is 6.07 Å². The smallest absolute Gasteiger partial charge is 0.324 e. The number of carbonyl (C=O) groups is 3. The number of anilines is 1. The van der Waals surface area contributed by atoms with Gasteiger partial charge in [0.25, 0.3) is 5.91 Å². The molecule has 28 heavy (non-hydrogen) atoms. The van der Waals surface area contributed by atoms with Gasteiger partial charge < -0.3 is 10.6 Å². The zero-order valence-corrected chi connectivity index (χ0v) is 14.8. The molecule has 2 N–H and O–H groups in total. The van der Waals surface area contributed by atoms with Gasteiger partial charge in [0, 0.05) is 11.8 Å². The molecule has 8 heteroatoms. The van der Waals surface area contributed by atoms with Crippen LogP contribution in [0.2, 0.25) is 0 Å². The molecule has 1 heterocycles. The van der Waals surface area contributed by atoms with Crippen molar-refractivity contribution in [3.63, 3.8) is 0 Å². The van der Waals surface area contributed by atoms with E-state index in [2.05, 4.69) is 10.6 Å². The summed E-state index contributed by atoms with van der Waals surface area (Å²) in [6.45, 7) is -0.520. The SMILES string of the molecule is O=C(CN1C(=O)NC2(CCCc3ccccc32)C1=O)Nc1ccc(F)c(F)c1. The molecule has 1 aliphatic carbocycles. The summed E-state index contributed by atoms with van der Waals surface area (Å²) in [5, 5.41) is 5.13. The first kappa shape index (κ1) is 18.1. The molecule has 1 spiro atoms. The van der Waals surface area contributed by atoms with Crippen LogP contribution in [0.25, 0.3) is 0 Å². The number of rotatable bonds is 3. The maximum absolute atomic E-state index is 13.3. The number of halogens is 2. The van der Waals surface area contributed by atoms with Crippen LogP contribution in [0.3, 0.4) is 0 Å². The lowest BCUT2D eigenvalue weighted by atomic mass is 9.76. The summed E-state index contributed by atoms with van der Waals surface area (Å²) in [4.78, 5) is 38.7. The normalized spacial score (nSPS) is 20.9. The number of hydrogen-bond acceptors (Lipinski definition) is 3. The van der Waals surface area contributed by atoms with Gasteiger partial charge in [-0.2, -0.15) is 0 Å². The van der Waals surface area contributed by atoms with Crippen molar-refractivity contribution < 1.29 is 23.2 Å². The van der Waals surface area contributed by atoms with Crippen molar-refractivity contribution in [2.45, 2.75) is 24.8 Å². The number of nitrogens with one attached hydrogen (secondary N) is 2. The highest BCUT2D eigenvalue weighted by Crippen LogP contribution is 2.39. The van der Waals surface area contributed by atoms with Crippen LogP contribution in [0.15, 0.2) is 42.5 Å². The number of amides is 4. The average Bonchev–Trinajstić information content (AvgIpc) is 2.90. The minimum absolute atomic E-state index is 0.0358. The molecule has 1 aliphatic heterocycles. The fourth-order valence-electron chi connectivity index (χ4n) is 3.87. The topological polar surface area (TPSA) is 78.5 Å². The number of fused-ring (bicyclic) bond motifs is 2. The number of carbonyl (C=O) groups excluding carboxylic acids is 3. The molecule has 1 fully saturated rings. The minimum atomic E-state index is -1.16. The second-order valence-electron chi connectivity index (χ2n) is 6.91. The zero-order valence-electron chi connectivity index (χ0n) is 14.8. The predicted octanol–water partition coefficient (Wildman–Crippen LogP) is 2.69. The van der Waals surface area contributed by atoms with Crippen molar-refractivity contribution in [1.29, 1.82) is 0 Å². The summed E-state index contributed by atoms with van der Waals surface area (Å²) in [5.74, 6) is -3.31. The first-order valence-corrected chi connectivity index (χ1v) is 8.88. The standard InChI is InChI=1S/C20H17F2N3O3/c21-15-8-7-13(10-16(15)22)23-17(26)11-25-18(27)20(24-19(25)28)9-3-5-12-4-1-2-6-14(12)20/h1-2,4,6-8,10H,3,5,9,11H2,(H,23,26)(H,24,28). The minimum Gasteiger partial charge on any atom is -0.324 e. The maximum Gasteiger partial charge on any atom is 0.325 e. The third kappa shape index (κ3) is 2.90. The summed E-state index contributed by atoms with van der Waals surface area (Å²) < 4.78 is 26.3. The summed E-state index contributed by atoms with van der Waals surface area (Å²) in [6.07, 6.45) is 2.01. The molecule has 4 amide bonds. The highest BCUT2D eigenvalue weighted by atomic mass is 19.2. The number of hydrogen-bond donors (Lipinski definition) is 2. The van der Waals surface area contributed by atoms with Gasteiger partial charge in [-0.05, 0) is 42.5 Å². The summed E-state index contributed by atoms with van der Waals surface area (Å²) in [7, 11) is 0. The molecule has 0 bridgehead atoms. The van der Waals surface area contributed by atoms with E-state index in [9.17, 15) is 23.2 Å². The molecule has 6 nitrogen and oxygen atoms in total. The molecular weight excluding hydrogens is 368 g/mol. The van der Waals surface area contributed by atoms with Crippen molar-refractivity contribution >= 4 is 23.5 Å². The van der Waals surface area contributed by atoms with Crippen LogP contribution in [-0.2, 0) is 21.5 Å². The monoisotopic (exact) mass is 385 g/mol. The summed E-state index contributed by atoms with van der Waals surface area (Å²) in [5.41, 5.74) is 0.626. The number of urea groups is 1. The van der Waals surface area contributed by atoms with Crippen molar-refractivity contribution in [2.75, 3.05) is 11.9 Å². The van der Waals surface area contributed by atoms with Crippen LogP contribution in [0, 0.1) is 11.6 Å². The van der Waals surface area contributed by atoms with E-state index < -0.39 is 41.6 Å². The molecule has 4 rings (SSSR count). The Morgan fingerprint density at radius 1 is 1.14 bits per heavy atom. The molecule has 0 saturated carbocycles.